The molecule has 84 valence electrons. The molecule has 1 aromatic carbocycles. The van der Waals surface area contributed by atoms with Gasteiger partial charge in [0.15, 0.2) is 9.84 Å². The highest BCUT2D eigenvalue weighted by Crippen LogP contribution is 2.34. The van der Waals surface area contributed by atoms with Crippen molar-refractivity contribution in [1.82, 2.24) is 0 Å². The number of sulfone groups is 1. The fourth-order valence-electron chi connectivity index (χ4n) is 1.73. The van der Waals surface area contributed by atoms with Crippen LogP contribution in [0.15, 0.2) is 27.6 Å². The number of nitriles is 1. The Morgan fingerprint density at radius 3 is 2.88 bits per heavy atom. The van der Waals surface area contributed by atoms with Gasteiger partial charge < -0.3 is 4.90 Å². The van der Waals surface area contributed by atoms with Gasteiger partial charge in [0, 0.05) is 11.5 Å². The van der Waals surface area contributed by atoms with E-state index >= 15 is 0 Å². The van der Waals surface area contributed by atoms with Crippen molar-refractivity contribution < 1.29 is 8.42 Å². The third kappa shape index (κ3) is 1.70. The molecule has 0 aliphatic carbocycles. The molecule has 4 nitrogen and oxygen atoms in total. The van der Waals surface area contributed by atoms with Crippen LogP contribution in [0.1, 0.15) is 0 Å². The van der Waals surface area contributed by atoms with E-state index in [-0.39, 0.29) is 5.75 Å². The lowest BCUT2D eigenvalue weighted by Gasteiger charge is -2.31. The second-order valence-electron chi connectivity index (χ2n) is 3.65. The van der Waals surface area contributed by atoms with E-state index in [1.54, 1.807) is 30.1 Å². The molecule has 0 fully saturated rings. The number of hydrogen-bond donors (Lipinski definition) is 0. The Balaban J connectivity index is 2.69. The second-order valence-corrected chi connectivity index (χ2v) is 6.57. The smallest absolute Gasteiger partial charge is 0.183 e. The Labute approximate surface area is 103 Å². The van der Waals surface area contributed by atoms with Crippen molar-refractivity contribution in [2.45, 2.75) is 10.9 Å². The Kier molecular flexibility index (Phi) is 2.68. The predicted octanol–water partition coefficient (Wildman–Crippen LogP) is 1.56. The summed E-state index contributed by atoms with van der Waals surface area (Å²) in [5.41, 5.74) is 0.576. The molecule has 0 radical (unpaired) electrons. The van der Waals surface area contributed by atoms with Gasteiger partial charge in [0.05, 0.1) is 22.4 Å². The van der Waals surface area contributed by atoms with Gasteiger partial charge in [0.2, 0.25) is 0 Å². The zero-order valence-corrected chi connectivity index (χ0v) is 10.9. The van der Waals surface area contributed by atoms with E-state index in [0.717, 1.165) is 4.47 Å². The maximum absolute atomic E-state index is 11.9. The number of rotatable bonds is 0. The molecule has 1 aliphatic heterocycles. The zero-order valence-electron chi connectivity index (χ0n) is 8.51. The van der Waals surface area contributed by atoms with Gasteiger partial charge in [-0.2, -0.15) is 5.26 Å². The molecular formula is C10H9BrN2O2S. The first-order valence-electron chi connectivity index (χ1n) is 4.60. The molecule has 0 bridgehead atoms. The van der Waals surface area contributed by atoms with Crippen molar-refractivity contribution in [3.8, 4) is 6.07 Å². The normalized spacial score (nSPS) is 22.3. The minimum Gasteiger partial charge on any atom is -0.357 e. The van der Waals surface area contributed by atoms with Crippen LogP contribution < -0.4 is 4.90 Å². The van der Waals surface area contributed by atoms with Crippen LogP contribution in [0.3, 0.4) is 0 Å². The van der Waals surface area contributed by atoms with Crippen LogP contribution in [0, 0.1) is 11.3 Å². The van der Waals surface area contributed by atoms with E-state index in [1.807, 2.05) is 6.07 Å². The summed E-state index contributed by atoms with van der Waals surface area (Å²) < 4.78 is 24.6. The number of anilines is 1. The summed E-state index contributed by atoms with van der Waals surface area (Å²) in [5, 5.41) is 8.92. The quantitative estimate of drug-likeness (QED) is 0.729. The van der Waals surface area contributed by atoms with Crippen molar-refractivity contribution in [2.24, 2.45) is 0 Å². The Hall–Kier alpha value is -1.06. The molecule has 1 aliphatic rings. The van der Waals surface area contributed by atoms with Crippen LogP contribution in [-0.4, -0.2) is 27.3 Å². The first-order valence-corrected chi connectivity index (χ1v) is 7.05. The highest BCUT2D eigenvalue weighted by Gasteiger charge is 2.33. The summed E-state index contributed by atoms with van der Waals surface area (Å²) >= 11 is 3.29. The first-order chi connectivity index (χ1) is 7.45. The van der Waals surface area contributed by atoms with Gasteiger partial charge in [-0.1, -0.05) is 15.9 Å². The maximum Gasteiger partial charge on any atom is 0.183 e. The van der Waals surface area contributed by atoms with E-state index in [1.165, 1.54) is 0 Å². The summed E-state index contributed by atoms with van der Waals surface area (Å²) in [6, 6.07) is 6.36. The lowest BCUT2D eigenvalue weighted by atomic mass is 10.2. The van der Waals surface area contributed by atoms with Crippen LogP contribution in [0.25, 0.3) is 0 Å². The molecule has 1 unspecified atom stereocenters. The maximum atomic E-state index is 11.9. The molecule has 6 heteroatoms. The highest BCUT2D eigenvalue weighted by molar-refractivity contribution is 9.10. The lowest BCUT2D eigenvalue weighted by molar-refractivity contribution is 0.586. The Morgan fingerprint density at radius 1 is 1.56 bits per heavy atom. The van der Waals surface area contributed by atoms with Crippen LogP contribution in [0.2, 0.25) is 0 Å². The molecule has 1 heterocycles. The molecule has 0 aromatic heterocycles. The third-order valence-corrected chi connectivity index (χ3v) is 4.89. The van der Waals surface area contributed by atoms with Gasteiger partial charge in [-0.15, -0.1) is 0 Å². The fraction of sp³-hybridized carbons (Fsp3) is 0.300. The van der Waals surface area contributed by atoms with Crippen molar-refractivity contribution in [3.05, 3.63) is 22.7 Å². The number of halogens is 1. The molecular weight excluding hydrogens is 292 g/mol. The average Bonchev–Trinajstić information content (AvgIpc) is 2.23. The predicted molar refractivity (Wildman–Crippen MR) is 64.0 cm³/mol. The fourth-order valence-corrected chi connectivity index (χ4v) is 3.77. The molecule has 1 atom stereocenters. The standard InChI is InChI=1S/C10H9BrN2O2S/c1-13-8(5-12)6-16(14,15)10-3-2-7(11)4-9(10)13/h2-4,8H,6H2,1H3. The molecule has 0 saturated carbocycles. The van der Waals surface area contributed by atoms with Gasteiger partial charge in [-0.3, -0.25) is 0 Å². The lowest BCUT2D eigenvalue weighted by Crippen LogP contribution is -2.41. The van der Waals surface area contributed by atoms with Gasteiger partial charge in [-0.05, 0) is 18.2 Å². The SMILES string of the molecule is CN1c2cc(Br)ccc2S(=O)(=O)CC1C#N. The summed E-state index contributed by atoms with van der Waals surface area (Å²) in [6.07, 6.45) is 0. The number of nitrogens with zero attached hydrogens (tertiary/aromatic N) is 2. The molecule has 16 heavy (non-hydrogen) atoms. The van der Waals surface area contributed by atoms with Crippen LogP contribution in [0.5, 0.6) is 0 Å². The molecule has 0 N–H and O–H groups in total. The minimum atomic E-state index is -3.34. The minimum absolute atomic E-state index is 0.144. The molecule has 1 aromatic rings. The molecule has 0 spiro atoms. The second kappa shape index (κ2) is 3.75. The Morgan fingerprint density at radius 2 is 2.25 bits per heavy atom. The monoisotopic (exact) mass is 300 g/mol. The molecule has 2 rings (SSSR count). The summed E-state index contributed by atoms with van der Waals surface area (Å²) in [6.45, 7) is 0. The third-order valence-electron chi connectivity index (χ3n) is 2.63. The van der Waals surface area contributed by atoms with Crippen molar-refractivity contribution in [3.63, 3.8) is 0 Å². The van der Waals surface area contributed by atoms with Crippen LogP contribution >= 0.6 is 15.9 Å². The van der Waals surface area contributed by atoms with E-state index < -0.39 is 15.9 Å². The zero-order chi connectivity index (χ0) is 11.9. The summed E-state index contributed by atoms with van der Waals surface area (Å²) in [7, 11) is -1.61. The summed E-state index contributed by atoms with van der Waals surface area (Å²) in [5.74, 6) is -0.144. The number of benzene rings is 1. The highest BCUT2D eigenvalue weighted by atomic mass is 79.9. The van der Waals surface area contributed by atoms with E-state index in [0.29, 0.717) is 10.6 Å². The molecule has 0 amide bonds. The van der Waals surface area contributed by atoms with Gasteiger partial charge in [0.25, 0.3) is 0 Å². The van der Waals surface area contributed by atoms with Gasteiger partial charge in [-0.25, -0.2) is 8.42 Å². The largest absolute Gasteiger partial charge is 0.357 e. The average molecular weight is 301 g/mol. The number of hydrogen-bond acceptors (Lipinski definition) is 4. The van der Waals surface area contributed by atoms with Crippen LogP contribution in [-0.2, 0) is 9.84 Å². The molecule has 0 saturated heterocycles. The van der Waals surface area contributed by atoms with Crippen molar-refractivity contribution in [2.75, 3.05) is 17.7 Å². The van der Waals surface area contributed by atoms with E-state index in [4.69, 9.17) is 5.26 Å². The van der Waals surface area contributed by atoms with Crippen molar-refractivity contribution in [1.29, 1.82) is 5.26 Å². The van der Waals surface area contributed by atoms with Crippen molar-refractivity contribution >= 4 is 31.5 Å². The van der Waals surface area contributed by atoms with E-state index in [2.05, 4.69) is 15.9 Å². The Bertz CT molecular complexity index is 577. The topological polar surface area (TPSA) is 61.2 Å². The number of fused-ring (bicyclic) bond motifs is 1. The summed E-state index contributed by atoms with van der Waals surface area (Å²) in [4.78, 5) is 1.99. The van der Waals surface area contributed by atoms with Crippen LogP contribution in [0.4, 0.5) is 5.69 Å². The van der Waals surface area contributed by atoms with Gasteiger partial charge in [0.1, 0.15) is 6.04 Å². The first kappa shape index (κ1) is 11.4. The van der Waals surface area contributed by atoms with Gasteiger partial charge >= 0.3 is 0 Å². The van der Waals surface area contributed by atoms with E-state index in [9.17, 15) is 8.42 Å².